The van der Waals surface area contributed by atoms with Crippen LogP contribution < -0.4 is 9.62 Å². The summed E-state index contributed by atoms with van der Waals surface area (Å²) in [6.45, 7) is 4.72. The number of amides is 2. The Balaban J connectivity index is 2.42. The van der Waals surface area contributed by atoms with Crippen molar-refractivity contribution in [2.75, 3.05) is 24.2 Å². The average Bonchev–Trinajstić information content (AvgIpc) is 2.71. The molecule has 0 spiro atoms. The fourth-order valence-corrected chi connectivity index (χ4v) is 4.06. The number of anilines is 1. The molecule has 0 bridgehead atoms. The molecule has 168 valence electrons. The first-order valence-electron chi connectivity index (χ1n) is 9.74. The van der Waals surface area contributed by atoms with Gasteiger partial charge in [0.1, 0.15) is 18.4 Å². The van der Waals surface area contributed by atoms with Gasteiger partial charge in [-0.1, -0.05) is 24.3 Å². The topological polar surface area (TPSA) is 86.8 Å². The number of likely N-dealkylation sites (N-methyl/N-ethyl adjacent to an activating group) is 1. The Morgan fingerprint density at radius 1 is 1.10 bits per heavy atom. The van der Waals surface area contributed by atoms with Gasteiger partial charge in [0.05, 0.1) is 11.9 Å². The van der Waals surface area contributed by atoms with Crippen LogP contribution in [0.25, 0.3) is 0 Å². The number of halogens is 1. The lowest BCUT2D eigenvalue weighted by atomic mass is 10.1. The molecular weight excluding hydrogens is 421 g/mol. The van der Waals surface area contributed by atoms with Crippen molar-refractivity contribution >= 4 is 27.5 Å². The number of nitrogens with one attached hydrogen (secondary N) is 1. The van der Waals surface area contributed by atoms with Crippen LogP contribution in [0.2, 0.25) is 0 Å². The summed E-state index contributed by atoms with van der Waals surface area (Å²) in [6, 6.07) is 10.1. The van der Waals surface area contributed by atoms with E-state index < -0.39 is 40.2 Å². The maximum Gasteiger partial charge on any atom is 0.244 e. The van der Waals surface area contributed by atoms with E-state index in [1.54, 1.807) is 26.0 Å². The molecule has 31 heavy (non-hydrogen) atoms. The molecule has 0 saturated heterocycles. The second-order valence-electron chi connectivity index (χ2n) is 7.50. The lowest BCUT2D eigenvalue weighted by Crippen LogP contribution is -2.50. The first-order valence-corrected chi connectivity index (χ1v) is 11.6. The van der Waals surface area contributed by atoms with E-state index in [2.05, 4.69) is 5.32 Å². The molecule has 0 heterocycles. The predicted octanol–water partition coefficient (Wildman–Crippen LogP) is 2.37. The number of nitrogens with zero attached hydrogens (tertiary/aromatic N) is 2. The molecule has 7 nitrogen and oxygen atoms in total. The van der Waals surface area contributed by atoms with Crippen LogP contribution in [0.1, 0.15) is 23.6 Å². The summed E-state index contributed by atoms with van der Waals surface area (Å²) in [5, 5.41) is 2.50. The quantitative estimate of drug-likeness (QED) is 0.670. The van der Waals surface area contributed by atoms with E-state index in [1.165, 1.54) is 36.2 Å². The summed E-state index contributed by atoms with van der Waals surface area (Å²) in [7, 11) is -2.32. The lowest BCUT2D eigenvalue weighted by Gasteiger charge is -2.31. The maximum absolute atomic E-state index is 13.3. The van der Waals surface area contributed by atoms with Gasteiger partial charge in [0.15, 0.2) is 0 Å². The van der Waals surface area contributed by atoms with Crippen molar-refractivity contribution in [3.8, 4) is 0 Å². The standard InChI is InChI=1S/C22H28FN3O4S/c1-15-6-7-16(2)20(12-15)26(31(5,29)30)14-21(27)25(17(3)22(28)24-4)13-18-8-10-19(23)11-9-18/h6-12,17H,13-14H2,1-5H3,(H,24,28). The van der Waals surface area contributed by atoms with Crippen molar-refractivity contribution in [1.29, 1.82) is 0 Å². The molecule has 0 radical (unpaired) electrons. The largest absolute Gasteiger partial charge is 0.357 e. The van der Waals surface area contributed by atoms with E-state index in [1.807, 2.05) is 13.0 Å². The van der Waals surface area contributed by atoms with Gasteiger partial charge in [0.25, 0.3) is 0 Å². The predicted molar refractivity (Wildman–Crippen MR) is 119 cm³/mol. The minimum Gasteiger partial charge on any atom is -0.357 e. The third kappa shape index (κ3) is 6.27. The highest BCUT2D eigenvalue weighted by molar-refractivity contribution is 7.92. The molecule has 2 aromatic carbocycles. The van der Waals surface area contributed by atoms with Crippen LogP contribution in [-0.2, 0) is 26.2 Å². The van der Waals surface area contributed by atoms with Gasteiger partial charge in [-0.25, -0.2) is 12.8 Å². The third-order valence-electron chi connectivity index (χ3n) is 4.99. The first kappa shape index (κ1) is 24.3. The van der Waals surface area contributed by atoms with E-state index in [4.69, 9.17) is 0 Å². The van der Waals surface area contributed by atoms with E-state index in [0.29, 0.717) is 16.8 Å². The van der Waals surface area contributed by atoms with Gasteiger partial charge in [-0.2, -0.15) is 0 Å². The Morgan fingerprint density at radius 2 is 1.71 bits per heavy atom. The van der Waals surface area contributed by atoms with Gasteiger partial charge < -0.3 is 10.2 Å². The van der Waals surface area contributed by atoms with Crippen LogP contribution in [0.3, 0.4) is 0 Å². The molecule has 2 aromatic rings. The molecule has 1 N–H and O–H groups in total. The number of hydrogen-bond acceptors (Lipinski definition) is 4. The molecule has 0 aliphatic rings. The van der Waals surface area contributed by atoms with Crippen molar-refractivity contribution in [1.82, 2.24) is 10.2 Å². The van der Waals surface area contributed by atoms with Gasteiger partial charge in [0, 0.05) is 13.6 Å². The highest BCUT2D eigenvalue weighted by Gasteiger charge is 2.30. The zero-order valence-corrected chi connectivity index (χ0v) is 19.2. The lowest BCUT2D eigenvalue weighted by molar-refractivity contribution is -0.139. The van der Waals surface area contributed by atoms with Gasteiger partial charge in [-0.3, -0.25) is 13.9 Å². The Labute approximate surface area is 182 Å². The highest BCUT2D eigenvalue weighted by atomic mass is 32.2. The molecule has 0 aromatic heterocycles. The average molecular weight is 450 g/mol. The second-order valence-corrected chi connectivity index (χ2v) is 9.40. The van der Waals surface area contributed by atoms with Crippen LogP contribution in [0.5, 0.6) is 0 Å². The van der Waals surface area contributed by atoms with E-state index in [-0.39, 0.29) is 6.54 Å². The Bertz CT molecular complexity index is 1050. The minimum atomic E-state index is -3.78. The zero-order valence-electron chi connectivity index (χ0n) is 18.3. The summed E-state index contributed by atoms with van der Waals surface area (Å²) in [4.78, 5) is 26.8. The van der Waals surface area contributed by atoms with Crippen LogP contribution in [-0.4, -0.2) is 51.0 Å². The van der Waals surface area contributed by atoms with Crippen molar-refractivity contribution in [3.05, 3.63) is 65.0 Å². The smallest absolute Gasteiger partial charge is 0.244 e. The molecule has 0 saturated carbocycles. The summed E-state index contributed by atoms with van der Waals surface area (Å²) in [5.41, 5.74) is 2.57. The Hall–Kier alpha value is -2.94. The van der Waals surface area contributed by atoms with E-state index in [0.717, 1.165) is 16.1 Å². The molecule has 0 aliphatic heterocycles. The minimum absolute atomic E-state index is 0.0259. The number of rotatable bonds is 8. The SMILES string of the molecule is CNC(=O)C(C)N(Cc1ccc(F)cc1)C(=O)CN(c1cc(C)ccc1C)S(C)(=O)=O. The number of benzene rings is 2. The fraction of sp³-hybridized carbons (Fsp3) is 0.364. The molecule has 1 unspecified atom stereocenters. The number of aryl methyl sites for hydroxylation is 2. The molecule has 9 heteroatoms. The van der Waals surface area contributed by atoms with Crippen molar-refractivity contribution in [3.63, 3.8) is 0 Å². The van der Waals surface area contributed by atoms with Gasteiger partial charge in [-0.15, -0.1) is 0 Å². The van der Waals surface area contributed by atoms with Crippen LogP contribution >= 0.6 is 0 Å². The molecule has 2 rings (SSSR count). The van der Waals surface area contributed by atoms with Gasteiger partial charge >= 0.3 is 0 Å². The van der Waals surface area contributed by atoms with Crippen molar-refractivity contribution < 1.29 is 22.4 Å². The molecule has 2 amide bonds. The van der Waals surface area contributed by atoms with Gasteiger partial charge in [-0.05, 0) is 55.7 Å². The first-order chi connectivity index (χ1) is 14.4. The van der Waals surface area contributed by atoms with Crippen molar-refractivity contribution in [2.24, 2.45) is 0 Å². The number of hydrogen-bond donors (Lipinski definition) is 1. The molecule has 0 fully saturated rings. The monoisotopic (exact) mass is 449 g/mol. The Kier molecular flexibility index (Phi) is 7.78. The number of sulfonamides is 1. The number of carbonyl (C=O) groups is 2. The van der Waals surface area contributed by atoms with Crippen LogP contribution in [0.15, 0.2) is 42.5 Å². The second kappa shape index (κ2) is 9.91. The van der Waals surface area contributed by atoms with E-state index in [9.17, 15) is 22.4 Å². The third-order valence-corrected chi connectivity index (χ3v) is 6.12. The maximum atomic E-state index is 13.3. The van der Waals surface area contributed by atoms with E-state index >= 15 is 0 Å². The normalized spacial score (nSPS) is 12.2. The summed E-state index contributed by atoms with van der Waals surface area (Å²) in [5.74, 6) is -1.36. The van der Waals surface area contributed by atoms with Crippen LogP contribution in [0.4, 0.5) is 10.1 Å². The Morgan fingerprint density at radius 3 is 2.26 bits per heavy atom. The molecule has 0 aliphatic carbocycles. The van der Waals surface area contributed by atoms with Gasteiger partial charge in [0.2, 0.25) is 21.8 Å². The fourth-order valence-electron chi connectivity index (χ4n) is 3.16. The number of carbonyl (C=O) groups excluding carboxylic acids is 2. The van der Waals surface area contributed by atoms with Crippen molar-refractivity contribution in [2.45, 2.75) is 33.4 Å². The molecular formula is C22H28FN3O4S. The molecule has 1 atom stereocenters. The zero-order chi connectivity index (χ0) is 23.3. The highest BCUT2D eigenvalue weighted by Crippen LogP contribution is 2.24. The summed E-state index contributed by atoms with van der Waals surface area (Å²) in [6.07, 6.45) is 1.04. The summed E-state index contributed by atoms with van der Waals surface area (Å²) < 4.78 is 39.4. The summed E-state index contributed by atoms with van der Waals surface area (Å²) >= 11 is 0. The van der Waals surface area contributed by atoms with Crippen LogP contribution in [0, 0.1) is 19.7 Å².